The van der Waals surface area contributed by atoms with Crippen molar-refractivity contribution in [1.82, 2.24) is 10.2 Å². The second-order valence-electron chi connectivity index (χ2n) is 8.30. The van der Waals surface area contributed by atoms with E-state index in [9.17, 15) is 4.79 Å². The van der Waals surface area contributed by atoms with Crippen molar-refractivity contribution in [3.05, 3.63) is 65.7 Å². The number of piperidine rings is 1. The number of benzene rings is 2. The third-order valence-electron chi connectivity index (χ3n) is 6.16. The quantitative estimate of drug-likeness (QED) is 0.726. The summed E-state index contributed by atoms with van der Waals surface area (Å²) in [7, 11) is 0. The Bertz CT molecular complexity index is 784. The molecule has 2 atom stereocenters. The summed E-state index contributed by atoms with van der Waals surface area (Å²) in [4.78, 5) is 15.4. The summed E-state index contributed by atoms with van der Waals surface area (Å²) in [6.45, 7) is 5.68. The molecule has 1 amide bonds. The summed E-state index contributed by atoms with van der Waals surface area (Å²) in [5.74, 6) is 1.77. The van der Waals surface area contributed by atoms with Crippen LogP contribution in [-0.2, 0) is 11.4 Å². The maximum atomic E-state index is 13.2. The smallest absolute Gasteiger partial charge is 0.226 e. The highest BCUT2D eigenvalue weighted by Gasteiger charge is 2.46. The number of nitrogens with zero attached hydrogens (tertiary/aromatic N) is 1. The van der Waals surface area contributed by atoms with Gasteiger partial charge in [0.2, 0.25) is 5.91 Å². The minimum Gasteiger partial charge on any atom is -0.489 e. The van der Waals surface area contributed by atoms with Gasteiger partial charge >= 0.3 is 0 Å². The Morgan fingerprint density at radius 1 is 1.07 bits per heavy atom. The van der Waals surface area contributed by atoms with Gasteiger partial charge in [0, 0.05) is 18.5 Å². The average molecular weight is 393 g/mol. The highest BCUT2D eigenvalue weighted by molar-refractivity contribution is 5.83. The van der Waals surface area contributed by atoms with Gasteiger partial charge in [-0.15, -0.1) is 0 Å². The van der Waals surface area contributed by atoms with E-state index in [1.54, 1.807) is 0 Å². The predicted molar refractivity (Wildman–Crippen MR) is 116 cm³/mol. The molecular formula is C25H32N2O2. The third-order valence-corrected chi connectivity index (χ3v) is 6.16. The second kappa shape index (κ2) is 9.45. The van der Waals surface area contributed by atoms with Gasteiger partial charge in [-0.05, 0) is 68.0 Å². The van der Waals surface area contributed by atoms with Crippen molar-refractivity contribution in [2.75, 3.05) is 19.6 Å². The first-order valence-corrected chi connectivity index (χ1v) is 11.0. The number of nitrogens with one attached hydrogen (secondary N) is 1. The standard InChI is InChI=1S/C25H32N2O2/c1-2-16-27(21-12-14-26-15-13-21)25(28)24-17-23(24)20-8-10-22(11-9-20)29-18-19-6-4-3-5-7-19/h3-11,21,23-24,26H,2,12-18H2,1H3. The van der Waals surface area contributed by atoms with Gasteiger partial charge in [-0.1, -0.05) is 49.4 Å². The lowest BCUT2D eigenvalue weighted by molar-refractivity contribution is -0.135. The molecule has 0 aromatic heterocycles. The van der Waals surface area contributed by atoms with Crippen LogP contribution in [0, 0.1) is 5.92 Å². The Kier molecular flexibility index (Phi) is 6.50. The van der Waals surface area contributed by atoms with Gasteiger partial charge in [0.1, 0.15) is 12.4 Å². The predicted octanol–water partition coefficient (Wildman–Crippen LogP) is 4.36. The van der Waals surface area contributed by atoms with Gasteiger partial charge in [0.05, 0.1) is 0 Å². The highest BCUT2D eigenvalue weighted by Crippen LogP contribution is 2.49. The van der Waals surface area contributed by atoms with Crippen LogP contribution in [-0.4, -0.2) is 36.5 Å². The van der Waals surface area contributed by atoms with E-state index in [1.807, 2.05) is 30.3 Å². The van der Waals surface area contributed by atoms with Gasteiger partial charge in [-0.2, -0.15) is 0 Å². The lowest BCUT2D eigenvalue weighted by Crippen LogP contribution is -2.47. The van der Waals surface area contributed by atoms with Crippen molar-refractivity contribution in [2.24, 2.45) is 5.92 Å². The van der Waals surface area contributed by atoms with Gasteiger partial charge in [-0.25, -0.2) is 0 Å². The van der Waals surface area contributed by atoms with Crippen molar-refractivity contribution in [3.63, 3.8) is 0 Å². The first-order valence-electron chi connectivity index (χ1n) is 11.0. The van der Waals surface area contributed by atoms with E-state index in [1.165, 1.54) is 11.1 Å². The van der Waals surface area contributed by atoms with Gasteiger partial charge in [0.15, 0.2) is 0 Å². The molecule has 154 valence electrons. The fraction of sp³-hybridized carbons (Fsp3) is 0.480. The molecule has 2 unspecified atom stereocenters. The first kappa shape index (κ1) is 20.0. The van der Waals surface area contributed by atoms with E-state index in [2.05, 4.69) is 41.4 Å². The summed E-state index contributed by atoms with van der Waals surface area (Å²) in [6, 6.07) is 19.0. The minimum atomic E-state index is 0.160. The molecule has 4 heteroatoms. The van der Waals surface area contributed by atoms with Crippen molar-refractivity contribution in [3.8, 4) is 5.75 Å². The van der Waals surface area contributed by atoms with E-state index in [0.717, 1.165) is 51.1 Å². The highest BCUT2D eigenvalue weighted by atomic mass is 16.5. The molecule has 4 rings (SSSR count). The van der Waals surface area contributed by atoms with Crippen molar-refractivity contribution in [1.29, 1.82) is 0 Å². The van der Waals surface area contributed by atoms with Gasteiger partial charge in [-0.3, -0.25) is 4.79 Å². The number of amides is 1. The minimum absolute atomic E-state index is 0.160. The molecule has 1 saturated carbocycles. The molecule has 1 aliphatic carbocycles. The summed E-state index contributed by atoms with van der Waals surface area (Å²) in [5.41, 5.74) is 2.43. The summed E-state index contributed by atoms with van der Waals surface area (Å²) in [6.07, 6.45) is 4.17. The Hall–Kier alpha value is -2.33. The molecule has 4 nitrogen and oxygen atoms in total. The van der Waals surface area contributed by atoms with E-state index < -0.39 is 0 Å². The number of rotatable bonds is 8. The zero-order valence-electron chi connectivity index (χ0n) is 17.3. The molecule has 1 saturated heterocycles. The largest absolute Gasteiger partial charge is 0.489 e. The van der Waals surface area contributed by atoms with Crippen LogP contribution in [0.2, 0.25) is 0 Å². The zero-order valence-corrected chi connectivity index (χ0v) is 17.3. The van der Waals surface area contributed by atoms with Crippen LogP contribution in [0.1, 0.15) is 49.7 Å². The normalized spacial score (nSPS) is 21.6. The summed E-state index contributed by atoms with van der Waals surface area (Å²) >= 11 is 0. The van der Waals surface area contributed by atoms with Crippen LogP contribution in [0.3, 0.4) is 0 Å². The zero-order chi connectivity index (χ0) is 20.1. The Balaban J connectivity index is 1.33. The van der Waals surface area contributed by atoms with Gasteiger partial charge in [0.25, 0.3) is 0 Å². The molecule has 2 aromatic rings. The second-order valence-corrected chi connectivity index (χ2v) is 8.30. The van der Waals surface area contributed by atoms with E-state index >= 15 is 0 Å². The molecular weight excluding hydrogens is 360 g/mol. The SMILES string of the molecule is CCCN(C(=O)C1CC1c1ccc(OCc2ccccc2)cc1)C1CCNCC1. The van der Waals surface area contributed by atoms with Crippen LogP contribution >= 0.6 is 0 Å². The molecule has 1 N–H and O–H groups in total. The molecule has 1 heterocycles. The Morgan fingerprint density at radius 2 is 1.79 bits per heavy atom. The Labute approximate surface area is 174 Å². The number of carbonyl (C=O) groups is 1. The third kappa shape index (κ3) is 4.99. The van der Waals surface area contributed by atoms with Crippen LogP contribution in [0.25, 0.3) is 0 Å². The lowest BCUT2D eigenvalue weighted by atomic mass is 10.0. The number of carbonyl (C=O) groups excluding carboxylic acids is 1. The molecule has 2 aliphatic rings. The van der Waals surface area contributed by atoms with Crippen LogP contribution in [0.5, 0.6) is 5.75 Å². The number of ether oxygens (including phenoxy) is 1. The number of hydrogen-bond donors (Lipinski definition) is 1. The van der Waals surface area contributed by atoms with Gasteiger partial charge < -0.3 is 15.0 Å². The summed E-state index contributed by atoms with van der Waals surface area (Å²) < 4.78 is 5.89. The fourth-order valence-electron chi connectivity index (χ4n) is 4.43. The Morgan fingerprint density at radius 3 is 2.48 bits per heavy atom. The molecule has 0 spiro atoms. The van der Waals surface area contributed by atoms with Crippen molar-refractivity contribution in [2.45, 2.75) is 51.2 Å². The van der Waals surface area contributed by atoms with Crippen molar-refractivity contribution < 1.29 is 9.53 Å². The molecule has 0 radical (unpaired) electrons. The molecule has 29 heavy (non-hydrogen) atoms. The van der Waals surface area contributed by atoms with Crippen LogP contribution in [0.15, 0.2) is 54.6 Å². The lowest BCUT2D eigenvalue weighted by Gasteiger charge is -2.35. The van der Waals surface area contributed by atoms with E-state index in [0.29, 0.717) is 24.5 Å². The van der Waals surface area contributed by atoms with Crippen molar-refractivity contribution >= 4 is 5.91 Å². The summed E-state index contributed by atoms with van der Waals surface area (Å²) in [5, 5.41) is 3.41. The molecule has 2 aromatic carbocycles. The maximum absolute atomic E-state index is 13.2. The topological polar surface area (TPSA) is 41.6 Å². The number of hydrogen-bond acceptors (Lipinski definition) is 3. The molecule has 2 fully saturated rings. The molecule has 1 aliphatic heterocycles. The fourth-order valence-corrected chi connectivity index (χ4v) is 4.43. The van der Waals surface area contributed by atoms with E-state index in [-0.39, 0.29) is 5.92 Å². The monoisotopic (exact) mass is 392 g/mol. The average Bonchev–Trinajstić information content (AvgIpc) is 3.58. The first-order chi connectivity index (χ1) is 14.3. The van der Waals surface area contributed by atoms with Crippen LogP contribution in [0.4, 0.5) is 0 Å². The van der Waals surface area contributed by atoms with E-state index in [4.69, 9.17) is 4.74 Å². The molecule has 0 bridgehead atoms. The van der Waals surface area contributed by atoms with Crippen LogP contribution < -0.4 is 10.1 Å². The maximum Gasteiger partial charge on any atom is 0.226 e.